The molecule has 24 heteroatoms. The summed E-state index contributed by atoms with van der Waals surface area (Å²) in [5.41, 5.74) is 0. The number of rotatable bonds is 0. The first-order chi connectivity index (χ1) is 12.1. The third-order valence-electron chi connectivity index (χ3n) is 0. The molecule has 0 aliphatic heterocycles. The van der Waals surface area contributed by atoms with Gasteiger partial charge in [0.25, 0.3) is 0 Å². The molecule has 0 aliphatic rings. The molecule has 0 aromatic rings. The molecule has 0 bridgehead atoms. The standard InChI is InChI=1S/7CH2O3.3Na.3H/c7*2-1(3)4;;;;;;/h7*(H2,2,3,4);;;;;;/q;;;;;;;3*+1;3*-1. The molecule has 0 heterocycles. The Bertz CT molecular complexity index is 331. The Labute approximate surface area is 239 Å². The second-order valence-electron chi connectivity index (χ2n) is 1.98. The Morgan fingerprint density at radius 1 is 0.258 bits per heavy atom. The van der Waals surface area contributed by atoms with Crippen molar-refractivity contribution in [3.05, 3.63) is 0 Å². The van der Waals surface area contributed by atoms with Gasteiger partial charge in [0.2, 0.25) is 0 Å². The van der Waals surface area contributed by atoms with Crippen molar-refractivity contribution in [2.24, 2.45) is 0 Å². The van der Waals surface area contributed by atoms with Crippen LogP contribution in [-0.2, 0) is 0 Å². The van der Waals surface area contributed by atoms with E-state index < -0.39 is 43.1 Å². The molecule has 0 aliphatic carbocycles. The summed E-state index contributed by atoms with van der Waals surface area (Å²) in [5, 5.41) is 97.6. The fraction of sp³-hybridized carbons (Fsp3) is 0. The summed E-state index contributed by atoms with van der Waals surface area (Å²) in [4.78, 5) is 59.9. The molecular formula is C7H17Na3O21. The molecule has 0 fully saturated rings. The predicted octanol–water partition coefficient (Wildman–Crippen LogP) is -7.09. The van der Waals surface area contributed by atoms with Crippen molar-refractivity contribution in [2.75, 3.05) is 0 Å². The van der Waals surface area contributed by atoms with Crippen molar-refractivity contribution in [2.45, 2.75) is 0 Å². The van der Waals surface area contributed by atoms with E-state index in [1.807, 2.05) is 0 Å². The van der Waals surface area contributed by atoms with Gasteiger partial charge >= 0.3 is 132 Å². The van der Waals surface area contributed by atoms with Crippen molar-refractivity contribution in [1.82, 2.24) is 0 Å². The average Bonchev–Trinajstić information content (AvgIpc) is 2.20. The fourth-order valence-corrected chi connectivity index (χ4v) is 0. The van der Waals surface area contributed by atoms with Crippen LogP contribution in [0.25, 0.3) is 0 Å². The van der Waals surface area contributed by atoms with Gasteiger partial charge in [0.05, 0.1) is 0 Å². The maximum absolute atomic E-state index is 8.56. The van der Waals surface area contributed by atoms with Gasteiger partial charge < -0.3 is 75.8 Å². The van der Waals surface area contributed by atoms with E-state index in [-0.39, 0.29) is 93.0 Å². The van der Waals surface area contributed by atoms with Crippen LogP contribution in [0.15, 0.2) is 0 Å². The van der Waals surface area contributed by atoms with Gasteiger partial charge in [-0.3, -0.25) is 0 Å². The molecular weight excluding hydrogens is 489 g/mol. The molecule has 0 saturated carbocycles. The van der Waals surface area contributed by atoms with Gasteiger partial charge in [-0.25, -0.2) is 33.6 Å². The Balaban J connectivity index is -0.0000000134. The molecule has 0 aromatic heterocycles. The van der Waals surface area contributed by atoms with E-state index in [0.717, 1.165) is 0 Å². The maximum atomic E-state index is 8.56. The van der Waals surface area contributed by atoms with Crippen LogP contribution in [0, 0.1) is 0 Å². The minimum absolute atomic E-state index is 0. The number of hydrogen-bond donors (Lipinski definition) is 14. The summed E-state index contributed by atoms with van der Waals surface area (Å²) in [5.74, 6) is 0. The minimum atomic E-state index is -1.83. The van der Waals surface area contributed by atoms with E-state index in [0.29, 0.717) is 0 Å². The zero-order chi connectivity index (χ0) is 25.0. The summed E-state index contributed by atoms with van der Waals surface area (Å²) < 4.78 is 0. The van der Waals surface area contributed by atoms with Gasteiger partial charge in [-0.05, 0) is 0 Å². The van der Waals surface area contributed by atoms with Gasteiger partial charge in [0.15, 0.2) is 0 Å². The van der Waals surface area contributed by atoms with Crippen LogP contribution >= 0.6 is 0 Å². The van der Waals surface area contributed by atoms with Crippen LogP contribution in [-0.4, -0.2) is 115 Å². The third-order valence-corrected chi connectivity index (χ3v) is 0. The van der Waals surface area contributed by atoms with Gasteiger partial charge in [0, 0.05) is 0 Å². The van der Waals surface area contributed by atoms with Crippen molar-refractivity contribution in [3.8, 4) is 0 Å². The van der Waals surface area contributed by atoms with Crippen LogP contribution in [0.3, 0.4) is 0 Å². The largest absolute Gasteiger partial charge is 1.00 e. The topological polar surface area (TPSA) is 403 Å². The quantitative estimate of drug-likeness (QED) is 0.136. The third kappa shape index (κ3) is 4200. The van der Waals surface area contributed by atoms with Crippen LogP contribution in [0.4, 0.5) is 33.6 Å². The van der Waals surface area contributed by atoms with Gasteiger partial charge in [-0.2, -0.15) is 0 Å². The predicted molar refractivity (Wildman–Crippen MR) is 77.9 cm³/mol. The molecule has 0 saturated heterocycles. The molecule has 0 rings (SSSR count). The minimum Gasteiger partial charge on any atom is -1.00 e. The molecule has 0 spiro atoms. The molecule has 174 valence electrons. The Morgan fingerprint density at radius 3 is 0.258 bits per heavy atom. The average molecular weight is 506 g/mol. The fourth-order valence-electron chi connectivity index (χ4n) is 0. The molecule has 14 N–H and O–H groups in total. The Hall–Kier alpha value is -2.11. The van der Waals surface area contributed by atoms with Crippen molar-refractivity contribution in [3.63, 3.8) is 0 Å². The summed E-state index contributed by atoms with van der Waals surface area (Å²) in [6.07, 6.45) is -12.8. The molecule has 21 nitrogen and oxygen atoms in total. The summed E-state index contributed by atoms with van der Waals surface area (Å²) >= 11 is 0. The normalized spacial score (nSPS) is 5.42. The Morgan fingerprint density at radius 2 is 0.258 bits per heavy atom. The molecule has 31 heavy (non-hydrogen) atoms. The first-order valence-corrected chi connectivity index (χ1v) is 4.56. The van der Waals surface area contributed by atoms with Crippen molar-refractivity contribution in [1.29, 1.82) is 0 Å². The van der Waals surface area contributed by atoms with Crippen LogP contribution < -0.4 is 88.7 Å². The van der Waals surface area contributed by atoms with Gasteiger partial charge in [-0.15, -0.1) is 0 Å². The van der Waals surface area contributed by atoms with E-state index in [4.69, 9.17) is 105 Å². The molecule has 0 atom stereocenters. The first-order valence-electron chi connectivity index (χ1n) is 4.56. The monoisotopic (exact) mass is 506 g/mol. The van der Waals surface area contributed by atoms with Crippen LogP contribution in [0.2, 0.25) is 0 Å². The molecule has 0 amide bonds. The Kier molecular flexibility index (Phi) is 115. The van der Waals surface area contributed by atoms with Gasteiger partial charge in [0.1, 0.15) is 0 Å². The zero-order valence-electron chi connectivity index (χ0n) is 18.6. The number of carbonyl (C=O) groups is 7. The summed E-state index contributed by atoms with van der Waals surface area (Å²) in [6.45, 7) is 0. The van der Waals surface area contributed by atoms with E-state index in [1.165, 1.54) is 0 Å². The second-order valence-corrected chi connectivity index (χ2v) is 1.98. The van der Waals surface area contributed by atoms with Gasteiger partial charge in [-0.1, -0.05) is 0 Å². The summed E-state index contributed by atoms with van der Waals surface area (Å²) in [6, 6.07) is 0. The van der Waals surface area contributed by atoms with E-state index >= 15 is 0 Å². The van der Waals surface area contributed by atoms with Crippen molar-refractivity contribution >= 4 is 43.1 Å². The van der Waals surface area contributed by atoms with E-state index in [9.17, 15) is 0 Å². The molecule has 0 unspecified atom stereocenters. The van der Waals surface area contributed by atoms with E-state index in [1.54, 1.807) is 0 Å². The van der Waals surface area contributed by atoms with Crippen LogP contribution in [0.5, 0.6) is 0 Å². The molecule has 0 radical (unpaired) electrons. The SMILES string of the molecule is O=C(O)O.O=C(O)O.O=C(O)O.O=C(O)O.O=C(O)O.O=C(O)O.O=C(O)O.[H-].[H-].[H-].[Na+].[Na+].[Na+]. The maximum Gasteiger partial charge on any atom is 1.00 e. The number of carboxylic acid groups (broad SMARTS) is 14. The van der Waals surface area contributed by atoms with Crippen molar-refractivity contribution < 1.29 is 198 Å². The van der Waals surface area contributed by atoms with E-state index in [2.05, 4.69) is 0 Å². The smallest absolute Gasteiger partial charge is 1.00 e. The first kappa shape index (κ1) is 63.0. The summed E-state index contributed by atoms with van der Waals surface area (Å²) in [7, 11) is 0. The number of hydrogen-bond acceptors (Lipinski definition) is 7. The second kappa shape index (κ2) is 56.5. The molecule has 0 aromatic carbocycles. The zero-order valence-corrected chi connectivity index (χ0v) is 21.6. The van der Waals surface area contributed by atoms with Crippen LogP contribution in [0.1, 0.15) is 4.28 Å².